The Labute approximate surface area is 87.2 Å². The second-order valence-electron chi connectivity index (χ2n) is 3.15. The van der Waals surface area contributed by atoms with Crippen LogP contribution in [0.2, 0.25) is 0 Å². The minimum Gasteiger partial charge on any atom is -0.368 e. The molecule has 0 spiro atoms. The smallest absolute Gasteiger partial charge is 0.245 e. The average Bonchev–Trinajstić information content (AvgIpc) is 2.17. The number of rotatable bonds is 5. The number of amides is 1. The summed E-state index contributed by atoms with van der Waals surface area (Å²) in [6, 6.07) is 4.49. The maximum absolute atomic E-state index is 12.8. The van der Waals surface area contributed by atoms with E-state index in [-0.39, 0.29) is 12.4 Å². The molecule has 0 aliphatic carbocycles. The quantitative estimate of drug-likeness (QED) is 0.556. The Balaban J connectivity index is 2.43. The first-order chi connectivity index (χ1) is 7.09. The van der Waals surface area contributed by atoms with E-state index < -0.39 is 5.91 Å². The van der Waals surface area contributed by atoms with Crippen molar-refractivity contribution in [1.29, 1.82) is 0 Å². The molecular formula is C10H13FN2O2. The Morgan fingerprint density at radius 3 is 3.00 bits per heavy atom. The van der Waals surface area contributed by atoms with Crippen molar-refractivity contribution in [3.05, 3.63) is 35.1 Å². The molecule has 0 saturated heterocycles. The van der Waals surface area contributed by atoms with Crippen LogP contribution in [-0.4, -0.2) is 12.5 Å². The molecule has 0 bridgehead atoms. The SMILES string of the molecule is Cc1ccc(F)cc1CNOCC(N)=O. The highest BCUT2D eigenvalue weighted by atomic mass is 19.1. The van der Waals surface area contributed by atoms with Crippen molar-refractivity contribution in [3.63, 3.8) is 0 Å². The molecule has 0 heterocycles. The number of hydrogen-bond acceptors (Lipinski definition) is 3. The van der Waals surface area contributed by atoms with Gasteiger partial charge in [-0.25, -0.2) is 4.39 Å². The average molecular weight is 212 g/mol. The van der Waals surface area contributed by atoms with Crippen LogP contribution in [0.1, 0.15) is 11.1 Å². The molecule has 0 aromatic heterocycles. The summed E-state index contributed by atoms with van der Waals surface area (Å²) in [6.07, 6.45) is 0. The monoisotopic (exact) mass is 212 g/mol. The first-order valence-electron chi connectivity index (χ1n) is 4.47. The maximum Gasteiger partial charge on any atom is 0.245 e. The summed E-state index contributed by atoms with van der Waals surface area (Å²) in [5.74, 6) is -0.856. The lowest BCUT2D eigenvalue weighted by Crippen LogP contribution is -2.24. The van der Waals surface area contributed by atoms with Crippen LogP contribution in [-0.2, 0) is 16.2 Å². The highest BCUT2D eigenvalue weighted by Gasteiger charge is 2.00. The predicted molar refractivity (Wildman–Crippen MR) is 53.1 cm³/mol. The van der Waals surface area contributed by atoms with Crippen LogP contribution in [0.5, 0.6) is 0 Å². The highest BCUT2D eigenvalue weighted by molar-refractivity contribution is 5.74. The van der Waals surface area contributed by atoms with Gasteiger partial charge in [0, 0.05) is 6.54 Å². The van der Waals surface area contributed by atoms with Gasteiger partial charge < -0.3 is 5.73 Å². The van der Waals surface area contributed by atoms with Gasteiger partial charge in [-0.1, -0.05) is 6.07 Å². The van der Waals surface area contributed by atoms with Crippen molar-refractivity contribution in [2.75, 3.05) is 6.61 Å². The molecule has 3 N–H and O–H groups in total. The van der Waals surface area contributed by atoms with Gasteiger partial charge in [0.25, 0.3) is 0 Å². The van der Waals surface area contributed by atoms with E-state index in [0.717, 1.165) is 11.1 Å². The molecule has 5 heteroatoms. The summed E-state index contributed by atoms with van der Waals surface area (Å²) in [6.45, 7) is 2.00. The molecule has 82 valence electrons. The van der Waals surface area contributed by atoms with E-state index in [1.54, 1.807) is 6.07 Å². The summed E-state index contributed by atoms with van der Waals surface area (Å²) in [5.41, 5.74) is 9.12. The lowest BCUT2D eigenvalue weighted by Gasteiger charge is -2.07. The summed E-state index contributed by atoms with van der Waals surface area (Å²) in [7, 11) is 0. The van der Waals surface area contributed by atoms with Crippen LogP contribution in [0.25, 0.3) is 0 Å². The largest absolute Gasteiger partial charge is 0.368 e. The zero-order chi connectivity index (χ0) is 11.3. The third kappa shape index (κ3) is 4.05. The number of benzene rings is 1. The molecule has 0 saturated carbocycles. The number of hydroxylamine groups is 1. The van der Waals surface area contributed by atoms with Crippen LogP contribution in [0.4, 0.5) is 4.39 Å². The van der Waals surface area contributed by atoms with Crippen LogP contribution in [0.3, 0.4) is 0 Å². The Kier molecular flexibility index (Phi) is 4.20. The molecule has 15 heavy (non-hydrogen) atoms. The minimum absolute atomic E-state index is 0.200. The van der Waals surface area contributed by atoms with Crippen molar-refractivity contribution in [3.8, 4) is 0 Å². The van der Waals surface area contributed by atoms with Crippen LogP contribution < -0.4 is 11.2 Å². The molecule has 1 aromatic rings. The Morgan fingerprint density at radius 2 is 2.33 bits per heavy atom. The van der Waals surface area contributed by atoms with Gasteiger partial charge in [0.15, 0.2) is 0 Å². The highest BCUT2D eigenvalue weighted by Crippen LogP contribution is 2.09. The third-order valence-electron chi connectivity index (χ3n) is 1.89. The number of halogens is 1. The summed E-state index contributed by atoms with van der Waals surface area (Å²) in [4.78, 5) is 15.1. The van der Waals surface area contributed by atoms with Gasteiger partial charge >= 0.3 is 0 Å². The van der Waals surface area contributed by atoms with Crippen molar-refractivity contribution in [2.24, 2.45) is 5.73 Å². The normalized spacial score (nSPS) is 10.3. The Morgan fingerprint density at radius 1 is 1.60 bits per heavy atom. The van der Waals surface area contributed by atoms with Gasteiger partial charge in [-0.3, -0.25) is 9.63 Å². The van der Waals surface area contributed by atoms with Gasteiger partial charge in [-0.15, -0.1) is 0 Å². The van der Waals surface area contributed by atoms with E-state index in [9.17, 15) is 9.18 Å². The minimum atomic E-state index is -0.557. The van der Waals surface area contributed by atoms with Crippen LogP contribution >= 0.6 is 0 Å². The van der Waals surface area contributed by atoms with Gasteiger partial charge in [-0.05, 0) is 30.2 Å². The molecule has 0 aliphatic heterocycles. The van der Waals surface area contributed by atoms with E-state index in [0.29, 0.717) is 6.54 Å². The molecule has 4 nitrogen and oxygen atoms in total. The molecule has 0 fully saturated rings. The summed E-state index contributed by atoms with van der Waals surface area (Å²) in [5, 5.41) is 0. The van der Waals surface area contributed by atoms with Crippen molar-refractivity contribution < 1.29 is 14.0 Å². The second-order valence-corrected chi connectivity index (χ2v) is 3.15. The van der Waals surface area contributed by atoms with E-state index in [4.69, 9.17) is 10.6 Å². The molecule has 1 aromatic carbocycles. The fraction of sp³-hybridized carbons (Fsp3) is 0.300. The van der Waals surface area contributed by atoms with Crippen LogP contribution in [0.15, 0.2) is 18.2 Å². The first-order valence-corrected chi connectivity index (χ1v) is 4.47. The number of primary amides is 1. The second kappa shape index (κ2) is 5.43. The molecule has 0 atom stereocenters. The summed E-state index contributed by atoms with van der Waals surface area (Å²) >= 11 is 0. The molecule has 1 rings (SSSR count). The molecule has 0 unspecified atom stereocenters. The Bertz CT molecular complexity index is 355. The van der Waals surface area contributed by atoms with Crippen LogP contribution in [0, 0.1) is 12.7 Å². The lowest BCUT2D eigenvalue weighted by molar-refractivity contribution is -0.125. The number of carbonyl (C=O) groups excluding carboxylic acids is 1. The molecule has 0 aliphatic rings. The predicted octanol–water partition coefficient (Wildman–Crippen LogP) is 0.641. The topological polar surface area (TPSA) is 64.3 Å². The number of nitrogens with one attached hydrogen (secondary N) is 1. The number of carbonyl (C=O) groups is 1. The van der Waals surface area contributed by atoms with E-state index >= 15 is 0 Å². The molecule has 1 amide bonds. The zero-order valence-corrected chi connectivity index (χ0v) is 8.42. The molecular weight excluding hydrogens is 199 g/mol. The van der Waals surface area contributed by atoms with E-state index in [1.165, 1.54) is 12.1 Å². The first kappa shape index (κ1) is 11.6. The van der Waals surface area contributed by atoms with E-state index in [1.807, 2.05) is 6.92 Å². The maximum atomic E-state index is 12.8. The Hall–Kier alpha value is -1.46. The zero-order valence-electron chi connectivity index (χ0n) is 8.42. The van der Waals surface area contributed by atoms with Crippen molar-refractivity contribution in [1.82, 2.24) is 5.48 Å². The standard InChI is InChI=1S/C10H13FN2O2/c1-7-2-3-9(11)4-8(7)5-13-15-6-10(12)14/h2-4,13H,5-6H2,1H3,(H2,12,14). The van der Waals surface area contributed by atoms with Gasteiger partial charge in [0.2, 0.25) is 5.91 Å². The number of aryl methyl sites for hydroxylation is 1. The van der Waals surface area contributed by atoms with Gasteiger partial charge in [0.05, 0.1) is 0 Å². The van der Waals surface area contributed by atoms with Gasteiger partial charge in [-0.2, -0.15) is 5.48 Å². The fourth-order valence-corrected chi connectivity index (χ4v) is 1.08. The van der Waals surface area contributed by atoms with Gasteiger partial charge in [0.1, 0.15) is 12.4 Å². The van der Waals surface area contributed by atoms with E-state index in [2.05, 4.69) is 5.48 Å². The number of hydrogen-bond donors (Lipinski definition) is 2. The third-order valence-corrected chi connectivity index (χ3v) is 1.89. The molecule has 0 radical (unpaired) electrons. The lowest BCUT2D eigenvalue weighted by atomic mass is 10.1. The number of nitrogens with two attached hydrogens (primary N) is 1. The fourth-order valence-electron chi connectivity index (χ4n) is 1.08. The van der Waals surface area contributed by atoms with Crippen molar-refractivity contribution >= 4 is 5.91 Å². The summed E-state index contributed by atoms with van der Waals surface area (Å²) < 4.78 is 12.8. The van der Waals surface area contributed by atoms with Crippen molar-refractivity contribution in [2.45, 2.75) is 13.5 Å².